The van der Waals surface area contributed by atoms with Crippen LogP contribution in [0.15, 0.2) is 68.5 Å². The van der Waals surface area contributed by atoms with Crippen molar-refractivity contribution in [1.29, 1.82) is 0 Å². The van der Waals surface area contributed by atoms with E-state index in [4.69, 9.17) is 20.0 Å². The van der Waals surface area contributed by atoms with Gasteiger partial charge in [0.05, 0.1) is 70.4 Å². The summed E-state index contributed by atoms with van der Waals surface area (Å²) in [6, 6.07) is 16.2. The van der Waals surface area contributed by atoms with E-state index in [0.717, 1.165) is 84.1 Å². The minimum absolute atomic E-state index is 0.770. The second-order valence-electron chi connectivity index (χ2n) is 14.3. The third-order valence-electron chi connectivity index (χ3n) is 11.2. The molecule has 0 saturated carbocycles. The maximum absolute atomic E-state index is 4.99. The van der Waals surface area contributed by atoms with Gasteiger partial charge in [-0.3, -0.25) is 20.0 Å². The highest BCUT2D eigenvalue weighted by atomic mass is 14.9. The van der Waals surface area contributed by atoms with E-state index in [1.54, 1.807) is 0 Å². The number of rotatable bonds is 4. The van der Waals surface area contributed by atoms with Gasteiger partial charge < -0.3 is 19.9 Å². The molecule has 0 saturated heterocycles. The molecule has 4 N–H and O–H groups in total. The number of H-pyrrole nitrogens is 4. The van der Waals surface area contributed by atoms with Gasteiger partial charge >= 0.3 is 0 Å². The van der Waals surface area contributed by atoms with Gasteiger partial charge in [0.25, 0.3) is 0 Å². The summed E-state index contributed by atoms with van der Waals surface area (Å²) in [5.74, 6) is 0. The Bertz CT molecular complexity index is 2100. The minimum atomic E-state index is 0.770. The Kier molecular flexibility index (Phi) is 10.6. The van der Waals surface area contributed by atoms with Crippen LogP contribution in [0, 0.1) is 27.7 Å². The number of hydrogen-bond donors (Lipinski definition) is 4. The number of fused-ring (bicyclic) bond motifs is 10. The zero-order valence-corrected chi connectivity index (χ0v) is 33.0. The molecule has 0 radical (unpaired) electrons. The number of benzene rings is 2. The van der Waals surface area contributed by atoms with Crippen LogP contribution in [0.2, 0.25) is 0 Å². The molecule has 8 bridgehead atoms. The van der Waals surface area contributed by atoms with Gasteiger partial charge in [-0.2, -0.15) is 0 Å². The smallest absolute Gasteiger partial charge is 0.0887 e. The van der Waals surface area contributed by atoms with E-state index in [1.807, 2.05) is 73.4 Å². The number of nitrogens with one attached hydrogen (secondary N) is 4. The summed E-state index contributed by atoms with van der Waals surface area (Å²) >= 11 is 0. The van der Waals surface area contributed by atoms with Crippen LogP contribution in [-0.2, 0) is 38.5 Å². The van der Waals surface area contributed by atoms with Crippen LogP contribution in [0.3, 0.4) is 0 Å². The summed E-state index contributed by atoms with van der Waals surface area (Å²) < 4.78 is 0. The van der Waals surface area contributed by atoms with Gasteiger partial charge in [0.1, 0.15) is 0 Å². The van der Waals surface area contributed by atoms with E-state index in [1.165, 1.54) is 67.3 Å². The van der Waals surface area contributed by atoms with E-state index in [-0.39, 0.29) is 0 Å². The average molecular weight is 717 g/mol. The third kappa shape index (κ3) is 7.00. The monoisotopic (exact) mass is 716 g/mol. The van der Waals surface area contributed by atoms with Crippen molar-refractivity contribution in [2.45, 2.75) is 93.9 Å². The molecule has 0 spiro atoms. The SMILES string of the molecule is CCc1c2[nH]c(c1C)C=Nc1ccccc1N=Cc1[nH]c(c(CC)c1C)Cc1[nH]c(c(C)c1CC)C=Nc1ccccc1N=Cc1[nH]c(c(CC)c1C)C2. The van der Waals surface area contributed by atoms with Crippen LogP contribution in [0.1, 0.15) is 118 Å². The molecule has 1 aliphatic heterocycles. The summed E-state index contributed by atoms with van der Waals surface area (Å²) in [5.41, 5.74) is 22.5. The number of para-hydroxylation sites is 4. The van der Waals surface area contributed by atoms with Gasteiger partial charge in [0, 0.05) is 35.6 Å². The molecule has 4 aromatic heterocycles. The Morgan fingerprint density at radius 1 is 0.389 bits per heavy atom. The molecular formula is C46H52N8. The van der Waals surface area contributed by atoms with Crippen molar-refractivity contribution in [2.75, 3.05) is 0 Å². The molecule has 7 rings (SSSR count). The molecule has 0 atom stereocenters. The van der Waals surface area contributed by atoms with Gasteiger partial charge in [-0.05, 0) is 122 Å². The molecule has 0 amide bonds. The summed E-state index contributed by atoms with van der Waals surface area (Å²) in [7, 11) is 0. The van der Waals surface area contributed by atoms with Gasteiger partial charge in [0.2, 0.25) is 0 Å². The molecule has 0 aliphatic carbocycles. The van der Waals surface area contributed by atoms with Crippen molar-refractivity contribution in [1.82, 2.24) is 19.9 Å². The highest BCUT2D eigenvalue weighted by molar-refractivity contribution is 5.89. The Hall–Kier alpha value is -5.76. The van der Waals surface area contributed by atoms with Crippen molar-refractivity contribution in [3.8, 4) is 0 Å². The van der Waals surface area contributed by atoms with E-state index >= 15 is 0 Å². The predicted molar refractivity (Wildman–Crippen MR) is 227 cm³/mol. The van der Waals surface area contributed by atoms with Gasteiger partial charge in [0.15, 0.2) is 0 Å². The molecule has 8 heteroatoms. The fourth-order valence-electron chi connectivity index (χ4n) is 8.17. The lowest BCUT2D eigenvalue weighted by Gasteiger charge is -2.05. The van der Waals surface area contributed by atoms with Crippen molar-refractivity contribution in [3.63, 3.8) is 0 Å². The second kappa shape index (κ2) is 15.7. The first-order valence-corrected chi connectivity index (χ1v) is 19.4. The standard InChI is InChI=1S/C46H52N8/c1-9-31-27(5)43-23-47-35-17-13-14-18-36(35)49-25-45-29(7)33(11-3)41(53-45)22-42-34(12-4)30(8)46(54-42)26-50-38-20-16-15-19-37(38)48-24-44-28(6)32(10-2)40(52-44)21-39(31)51-43/h13-20,23-26,51-54H,9-12,21-22H2,1-8H3. The van der Waals surface area contributed by atoms with Crippen molar-refractivity contribution in [3.05, 3.63) is 139 Å². The lowest BCUT2D eigenvalue weighted by atomic mass is 10.0. The largest absolute Gasteiger partial charge is 0.357 e. The van der Waals surface area contributed by atoms with Crippen LogP contribution >= 0.6 is 0 Å². The lowest BCUT2D eigenvalue weighted by molar-refractivity contribution is 0.966. The summed E-state index contributed by atoms with van der Waals surface area (Å²) in [6.45, 7) is 17.7. The Morgan fingerprint density at radius 2 is 0.611 bits per heavy atom. The minimum Gasteiger partial charge on any atom is -0.357 e. The van der Waals surface area contributed by atoms with E-state index < -0.39 is 0 Å². The molecule has 6 aromatic rings. The Balaban J connectivity index is 1.37. The molecule has 54 heavy (non-hydrogen) atoms. The van der Waals surface area contributed by atoms with Crippen LogP contribution in [0.25, 0.3) is 0 Å². The average Bonchev–Trinajstić information content (AvgIpc) is 3.86. The van der Waals surface area contributed by atoms with Crippen molar-refractivity contribution in [2.24, 2.45) is 20.0 Å². The van der Waals surface area contributed by atoms with E-state index in [0.29, 0.717) is 0 Å². The summed E-state index contributed by atoms with van der Waals surface area (Å²) in [4.78, 5) is 34.9. The van der Waals surface area contributed by atoms with Crippen molar-refractivity contribution >= 4 is 47.6 Å². The fourth-order valence-corrected chi connectivity index (χ4v) is 8.17. The number of hydrogen-bond acceptors (Lipinski definition) is 4. The Morgan fingerprint density at radius 3 is 0.815 bits per heavy atom. The Labute approximate surface area is 319 Å². The van der Waals surface area contributed by atoms with Crippen LogP contribution in [-0.4, -0.2) is 44.8 Å². The quantitative estimate of drug-likeness (QED) is 0.139. The topological polar surface area (TPSA) is 113 Å². The lowest BCUT2D eigenvalue weighted by Crippen LogP contribution is -1.98. The van der Waals surface area contributed by atoms with E-state index in [2.05, 4.69) is 75.3 Å². The highest BCUT2D eigenvalue weighted by Gasteiger charge is 2.19. The number of aromatic amines is 4. The number of nitrogens with zero attached hydrogens (tertiary/aromatic N) is 4. The molecule has 5 heterocycles. The molecular weight excluding hydrogens is 665 g/mol. The van der Waals surface area contributed by atoms with Crippen LogP contribution < -0.4 is 0 Å². The zero-order chi connectivity index (χ0) is 37.9. The summed E-state index contributed by atoms with van der Waals surface area (Å²) in [5, 5.41) is 0. The summed E-state index contributed by atoms with van der Waals surface area (Å²) in [6.07, 6.45) is 13.1. The number of aliphatic imine (C=N–C) groups is 4. The molecule has 0 fully saturated rings. The first-order valence-electron chi connectivity index (χ1n) is 19.4. The zero-order valence-electron chi connectivity index (χ0n) is 33.0. The fraction of sp³-hybridized carbons (Fsp3) is 0.304. The first kappa shape index (κ1) is 36.6. The second-order valence-corrected chi connectivity index (χ2v) is 14.3. The molecule has 8 nitrogen and oxygen atoms in total. The maximum Gasteiger partial charge on any atom is 0.0887 e. The molecule has 2 aromatic carbocycles. The third-order valence-corrected chi connectivity index (χ3v) is 11.2. The van der Waals surface area contributed by atoms with Crippen molar-refractivity contribution < 1.29 is 0 Å². The van der Waals surface area contributed by atoms with E-state index in [9.17, 15) is 0 Å². The number of aromatic nitrogens is 4. The van der Waals surface area contributed by atoms with Gasteiger partial charge in [-0.1, -0.05) is 52.0 Å². The maximum atomic E-state index is 4.99. The normalized spacial score (nSPS) is 13.0. The first-order chi connectivity index (χ1) is 26.2. The van der Waals surface area contributed by atoms with Gasteiger partial charge in [-0.25, -0.2) is 0 Å². The van der Waals surface area contributed by atoms with Crippen LogP contribution in [0.5, 0.6) is 0 Å². The molecule has 276 valence electrons. The van der Waals surface area contributed by atoms with Crippen LogP contribution in [0.4, 0.5) is 22.7 Å². The van der Waals surface area contributed by atoms with Gasteiger partial charge in [-0.15, -0.1) is 0 Å². The highest BCUT2D eigenvalue weighted by Crippen LogP contribution is 2.32. The molecule has 1 aliphatic rings. The molecule has 0 unspecified atom stereocenters. The predicted octanol–water partition coefficient (Wildman–Crippen LogP) is 11.0.